The lowest BCUT2D eigenvalue weighted by atomic mass is 10.1. The molecule has 152 valence electrons. The summed E-state index contributed by atoms with van der Waals surface area (Å²) in [6, 6.07) is 2.88. The molecule has 0 atom stereocenters. The molecule has 0 bridgehead atoms. The molecule has 1 aromatic carbocycles. The van der Waals surface area contributed by atoms with Gasteiger partial charge in [0.05, 0.1) is 6.54 Å². The van der Waals surface area contributed by atoms with Crippen molar-refractivity contribution in [3.05, 3.63) is 35.7 Å². The predicted molar refractivity (Wildman–Crippen MR) is 101 cm³/mol. The highest BCUT2D eigenvalue weighted by Crippen LogP contribution is 2.20. The largest absolute Gasteiger partial charge is 0.347 e. The van der Waals surface area contributed by atoms with Gasteiger partial charge in [-0.2, -0.15) is 15.0 Å². The Hall–Kier alpha value is -2.40. The first-order valence-electron chi connectivity index (χ1n) is 8.89. The highest BCUT2D eigenvalue weighted by atomic mass is 32.2. The van der Waals surface area contributed by atoms with Crippen molar-refractivity contribution in [1.82, 2.24) is 19.7 Å². The van der Waals surface area contributed by atoms with E-state index in [1.54, 1.807) is 19.0 Å². The van der Waals surface area contributed by atoms with Crippen LogP contribution in [-0.2, 0) is 16.6 Å². The number of anilines is 2. The molecule has 1 saturated heterocycles. The Morgan fingerprint density at radius 3 is 2.32 bits per heavy atom. The highest BCUT2D eigenvalue weighted by molar-refractivity contribution is 7.89. The number of aromatic nitrogens is 3. The number of nitrogens with one attached hydrogen (secondary N) is 1. The van der Waals surface area contributed by atoms with Crippen molar-refractivity contribution in [1.29, 1.82) is 0 Å². The average molecular weight is 412 g/mol. The van der Waals surface area contributed by atoms with E-state index in [1.807, 2.05) is 4.90 Å². The number of benzene rings is 1. The van der Waals surface area contributed by atoms with E-state index >= 15 is 0 Å². The van der Waals surface area contributed by atoms with Crippen molar-refractivity contribution in [2.45, 2.75) is 30.7 Å². The first-order valence-corrected chi connectivity index (χ1v) is 10.4. The standard InChI is InChI=1S/C17H22F2N6O2S/c1-24(2)16-21-14(22-17(23-16)25-9-4-3-5-10-25)11-20-28(26,27)15-12(18)7-6-8-13(15)19/h6-8,20H,3-5,9-11H2,1-2H3. The summed E-state index contributed by atoms with van der Waals surface area (Å²) in [4.78, 5) is 15.7. The van der Waals surface area contributed by atoms with Gasteiger partial charge in [0.25, 0.3) is 0 Å². The number of hydrogen-bond donors (Lipinski definition) is 1. The first-order chi connectivity index (χ1) is 13.3. The lowest BCUT2D eigenvalue weighted by Crippen LogP contribution is -2.33. The van der Waals surface area contributed by atoms with Gasteiger partial charge < -0.3 is 9.80 Å². The van der Waals surface area contributed by atoms with E-state index in [0.29, 0.717) is 11.9 Å². The van der Waals surface area contributed by atoms with Crippen LogP contribution in [0.15, 0.2) is 23.1 Å². The molecule has 1 N–H and O–H groups in total. The lowest BCUT2D eigenvalue weighted by molar-refractivity contribution is 0.513. The second kappa shape index (κ2) is 8.31. The monoisotopic (exact) mass is 412 g/mol. The van der Waals surface area contributed by atoms with Crippen LogP contribution in [0.4, 0.5) is 20.7 Å². The summed E-state index contributed by atoms with van der Waals surface area (Å²) >= 11 is 0. The Morgan fingerprint density at radius 1 is 1.07 bits per heavy atom. The fourth-order valence-electron chi connectivity index (χ4n) is 2.88. The van der Waals surface area contributed by atoms with Crippen LogP contribution in [-0.4, -0.2) is 50.6 Å². The van der Waals surface area contributed by atoms with Crippen molar-refractivity contribution in [3.63, 3.8) is 0 Å². The molecule has 0 aliphatic carbocycles. The molecule has 2 aromatic rings. The minimum Gasteiger partial charge on any atom is -0.347 e. The van der Waals surface area contributed by atoms with E-state index < -0.39 is 26.6 Å². The van der Waals surface area contributed by atoms with E-state index in [1.165, 1.54) is 0 Å². The molecular formula is C17H22F2N6O2S. The van der Waals surface area contributed by atoms with Crippen LogP contribution in [0.3, 0.4) is 0 Å². The van der Waals surface area contributed by atoms with Gasteiger partial charge in [0.15, 0.2) is 10.7 Å². The molecule has 1 fully saturated rings. The van der Waals surface area contributed by atoms with Crippen LogP contribution in [0, 0.1) is 11.6 Å². The van der Waals surface area contributed by atoms with Crippen molar-refractivity contribution >= 4 is 21.9 Å². The summed E-state index contributed by atoms with van der Waals surface area (Å²) in [5.74, 6) is -1.32. The van der Waals surface area contributed by atoms with Gasteiger partial charge in [0.2, 0.25) is 21.9 Å². The minimum atomic E-state index is -4.42. The van der Waals surface area contributed by atoms with Crippen LogP contribution in [0.1, 0.15) is 25.1 Å². The number of hydrogen-bond acceptors (Lipinski definition) is 7. The van der Waals surface area contributed by atoms with Gasteiger partial charge in [-0.05, 0) is 31.4 Å². The summed E-state index contributed by atoms with van der Waals surface area (Å²) in [7, 11) is -0.894. The number of rotatable bonds is 6. The van der Waals surface area contributed by atoms with Gasteiger partial charge >= 0.3 is 0 Å². The van der Waals surface area contributed by atoms with E-state index in [9.17, 15) is 17.2 Å². The lowest BCUT2D eigenvalue weighted by Gasteiger charge is -2.27. The Labute approximate surface area is 162 Å². The molecule has 0 saturated carbocycles. The molecule has 1 aromatic heterocycles. The Balaban J connectivity index is 1.86. The smallest absolute Gasteiger partial charge is 0.246 e. The second-order valence-corrected chi connectivity index (χ2v) is 8.37. The van der Waals surface area contributed by atoms with E-state index in [0.717, 1.165) is 50.6 Å². The minimum absolute atomic E-state index is 0.166. The van der Waals surface area contributed by atoms with Gasteiger partial charge in [0, 0.05) is 27.2 Å². The Kier molecular flexibility index (Phi) is 6.04. The number of piperidine rings is 1. The second-order valence-electron chi connectivity index (χ2n) is 6.67. The van der Waals surface area contributed by atoms with Crippen molar-refractivity contribution in [2.75, 3.05) is 37.0 Å². The third-order valence-corrected chi connectivity index (χ3v) is 5.76. The highest BCUT2D eigenvalue weighted by Gasteiger charge is 2.24. The molecule has 0 amide bonds. The zero-order valence-corrected chi connectivity index (χ0v) is 16.5. The molecule has 11 heteroatoms. The summed E-state index contributed by atoms with van der Waals surface area (Å²) in [6.45, 7) is 1.30. The maximum atomic E-state index is 13.8. The predicted octanol–water partition coefficient (Wildman–Crippen LogP) is 1.68. The topological polar surface area (TPSA) is 91.3 Å². The van der Waals surface area contributed by atoms with Crippen LogP contribution < -0.4 is 14.5 Å². The molecule has 28 heavy (non-hydrogen) atoms. The van der Waals surface area contributed by atoms with E-state index in [4.69, 9.17) is 0 Å². The van der Waals surface area contributed by atoms with Gasteiger partial charge in [-0.15, -0.1) is 0 Å². The molecule has 0 radical (unpaired) electrons. The van der Waals surface area contributed by atoms with Crippen molar-refractivity contribution in [2.24, 2.45) is 0 Å². The maximum Gasteiger partial charge on any atom is 0.246 e. The average Bonchev–Trinajstić information content (AvgIpc) is 2.66. The molecule has 3 rings (SSSR count). The SMILES string of the molecule is CN(C)c1nc(CNS(=O)(=O)c2c(F)cccc2F)nc(N2CCCCC2)n1. The maximum absolute atomic E-state index is 13.8. The summed E-state index contributed by atoms with van der Waals surface area (Å²) in [5, 5.41) is 0. The third-order valence-electron chi connectivity index (χ3n) is 4.30. The van der Waals surface area contributed by atoms with Crippen LogP contribution >= 0.6 is 0 Å². The Bertz CT molecular complexity index is 928. The fraction of sp³-hybridized carbons (Fsp3) is 0.471. The van der Waals surface area contributed by atoms with Crippen LogP contribution in [0.25, 0.3) is 0 Å². The fourth-order valence-corrected chi connectivity index (χ4v) is 3.99. The molecule has 8 nitrogen and oxygen atoms in total. The van der Waals surface area contributed by atoms with Gasteiger partial charge in [-0.1, -0.05) is 6.07 Å². The summed E-state index contributed by atoms with van der Waals surface area (Å²) in [6.07, 6.45) is 3.19. The Morgan fingerprint density at radius 2 is 1.71 bits per heavy atom. The molecular weight excluding hydrogens is 390 g/mol. The number of nitrogens with zero attached hydrogens (tertiary/aromatic N) is 5. The number of sulfonamides is 1. The van der Waals surface area contributed by atoms with Crippen molar-refractivity contribution in [3.8, 4) is 0 Å². The quantitative estimate of drug-likeness (QED) is 0.772. The molecule has 2 heterocycles. The van der Waals surface area contributed by atoms with Gasteiger partial charge in [-0.3, -0.25) is 0 Å². The zero-order chi connectivity index (χ0) is 20.3. The summed E-state index contributed by atoms with van der Waals surface area (Å²) < 4.78 is 54.6. The van der Waals surface area contributed by atoms with E-state index in [-0.39, 0.29) is 12.4 Å². The van der Waals surface area contributed by atoms with Crippen molar-refractivity contribution < 1.29 is 17.2 Å². The van der Waals surface area contributed by atoms with Gasteiger partial charge in [-0.25, -0.2) is 21.9 Å². The van der Waals surface area contributed by atoms with Crippen LogP contribution in [0.2, 0.25) is 0 Å². The zero-order valence-electron chi connectivity index (χ0n) is 15.7. The normalized spacial score (nSPS) is 14.9. The molecule has 1 aliphatic heterocycles. The molecule has 0 unspecified atom stereocenters. The van der Waals surface area contributed by atoms with Gasteiger partial charge in [0.1, 0.15) is 11.6 Å². The third kappa shape index (κ3) is 4.53. The molecule has 0 spiro atoms. The van der Waals surface area contributed by atoms with Crippen LogP contribution in [0.5, 0.6) is 0 Å². The first kappa shape index (κ1) is 20.3. The summed E-state index contributed by atoms with van der Waals surface area (Å²) in [5.41, 5.74) is 0. The number of halogens is 2. The molecule has 1 aliphatic rings. The van der Waals surface area contributed by atoms with E-state index in [2.05, 4.69) is 19.7 Å².